The molecule has 0 atom stereocenters. The molecule has 7 heteroatoms. The number of carbonyl (C=O) groups is 2. The van der Waals surface area contributed by atoms with Crippen LogP contribution in [0.25, 0.3) is 22.1 Å². The Morgan fingerprint density at radius 3 is 2.54 bits per heavy atom. The largest absolute Gasteiger partial charge is 0.484 e. The Balaban J connectivity index is 1.77. The van der Waals surface area contributed by atoms with Gasteiger partial charge in [-0.3, -0.25) is 10.1 Å². The number of benzene rings is 2. The number of hydrogen-bond acceptors (Lipinski definition) is 5. The van der Waals surface area contributed by atoms with Crippen molar-refractivity contribution in [2.24, 2.45) is 0 Å². The Labute approximate surface area is 161 Å². The average molecular weight is 380 g/mol. The van der Waals surface area contributed by atoms with Crippen LogP contribution < -0.4 is 21.0 Å². The summed E-state index contributed by atoms with van der Waals surface area (Å²) >= 11 is 0. The summed E-state index contributed by atoms with van der Waals surface area (Å²) in [5.74, 6) is -0.238. The zero-order valence-electron chi connectivity index (χ0n) is 15.5. The van der Waals surface area contributed by atoms with Crippen molar-refractivity contribution < 1.29 is 18.7 Å². The first kappa shape index (κ1) is 19.2. The van der Waals surface area contributed by atoms with Crippen LogP contribution in [0.4, 0.5) is 4.79 Å². The first-order valence-electron chi connectivity index (χ1n) is 8.79. The van der Waals surface area contributed by atoms with Crippen LogP contribution in [0.15, 0.2) is 63.8 Å². The second-order valence-corrected chi connectivity index (χ2v) is 6.47. The molecule has 3 amide bonds. The maximum atomic E-state index is 11.9. The predicted octanol–water partition coefficient (Wildman–Crippen LogP) is 3.07. The summed E-state index contributed by atoms with van der Waals surface area (Å²) in [6, 6.07) is 15.3. The minimum absolute atomic E-state index is 0.0871. The number of amides is 3. The van der Waals surface area contributed by atoms with Gasteiger partial charge in [-0.25, -0.2) is 9.59 Å². The minimum atomic E-state index is -0.585. The number of imide groups is 1. The van der Waals surface area contributed by atoms with Crippen LogP contribution in [0.3, 0.4) is 0 Å². The van der Waals surface area contributed by atoms with Crippen LogP contribution in [-0.2, 0) is 4.79 Å². The normalized spacial score (nSPS) is 10.7. The van der Waals surface area contributed by atoms with Crippen LogP contribution in [0.1, 0.15) is 13.8 Å². The fraction of sp³-hybridized carbons (Fsp3) is 0.190. The van der Waals surface area contributed by atoms with Gasteiger partial charge in [0, 0.05) is 23.6 Å². The third-order valence-corrected chi connectivity index (χ3v) is 3.84. The lowest BCUT2D eigenvalue weighted by molar-refractivity contribution is -0.122. The fourth-order valence-corrected chi connectivity index (χ4v) is 2.70. The van der Waals surface area contributed by atoms with Gasteiger partial charge in [0.05, 0.1) is 0 Å². The van der Waals surface area contributed by atoms with Gasteiger partial charge in [0.15, 0.2) is 6.61 Å². The summed E-state index contributed by atoms with van der Waals surface area (Å²) in [7, 11) is 0. The number of fused-ring (bicyclic) bond motifs is 1. The van der Waals surface area contributed by atoms with E-state index in [2.05, 4.69) is 10.6 Å². The van der Waals surface area contributed by atoms with Gasteiger partial charge in [-0.05, 0) is 37.1 Å². The van der Waals surface area contributed by atoms with E-state index >= 15 is 0 Å². The van der Waals surface area contributed by atoms with Crippen LogP contribution in [0.2, 0.25) is 0 Å². The van der Waals surface area contributed by atoms with Gasteiger partial charge in [0.25, 0.3) is 5.91 Å². The molecule has 0 aliphatic carbocycles. The van der Waals surface area contributed by atoms with Gasteiger partial charge in [0.2, 0.25) is 0 Å². The molecule has 2 aromatic carbocycles. The van der Waals surface area contributed by atoms with Gasteiger partial charge >= 0.3 is 11.7 Å². The molecule has 0 saturated carbocycles. The van der Waals surface area contributed by atoms with E-state index in [1.54, 1.807) is 32.0 Å². The number of ether oxygens (including phenoxy) is 1. The highest BCUT2D eigenvalue weighted by Gasteiger charge is 2.11. The lowest BCUT2D eigenvalue weighted by Gasteiger charge is -2.11. The number of carbonyl (C=O) groups excluding carboxylic acids is 2. The molecule has 1 aromatic heterocycles. The van der Waals surface area contributed by atoms with Crippen molar-refractivity contribution in [1.29, 1.82) is 0 Å². The number of nitrogens with one attached hydrogen (secondary N) is 2. The highest BCUT2D eigenvalue weighted by atomic mass is 16.5. The monoisotopic (exact) mass is 380 g/mol. The molecular formula is C21H20N2O5. The molecular weight excluding hydrogens is 360 g/mol. The first-order valence-corrected chi connectivity index (χ1v) is 8.79. The molecule has 0 fully saturated rings. The molecule has 0 aliphatic heterocycles. The molecule has 28 heavy (non-hydrogen) atoms. The van der Waals surface area contributed by atoms with Crippen molar-refractivity contribution in [3.8, 4) is 16.9 Å². The smallest absolute Gasteiger partial charge is 0.336 e. The standard InChI is InChI=1S/C21H20N2O5/c1-13(2)22-21(26)23-19(24)12-27-15-8-9-16-17(14-6-4-3-5-7-14)11-20(25)28-18(16)10-15/h3-11,13H,12H2,1-2H3,(H2,22,23,24,26). The molecule has 144 valence electrons. The summed E-state index contributed by atoms with van der Waals surface area (Å²) in [4.78, 5) is 35.3. The molecule has 1 heterocycles. The molecule has 0 saturated heterocycles. The first-order chi connectivity index (χ1) is 13.4. The molecule has 0 aliphatic rings. The quantitative estimate of drug-likeness (QED) is 0.663. The Bertz CT molecular complexity index is 1060. The Morgan fingerprint density at radius 1 is 1.07 bits per heavy atom. The van der Waals surface area contributed by atoms with Crippen LogP contribution in [0.5, 0.6) is 5.75 Å². The Kier molecular flexibility index (Phi) is 5.74. The topological polar surface area (TPSA) is 97.6 Å². The number of hydrogen-bond donors (Lipinski definition) is 2. The van der Waals surface area contributed by atoms with E-state index in [0.717, 1.165) is 16.5 Å². The molecule has 0 radical (unpaired) electrons. The number of urea groups is 1. The molecule has 3 aromatic rings. The third-order valence-electron chi connectivity index (χ3n) is 3.84. The van der Waals surface area contributed by atoms with E-state index in [1.165, 1.54) is 6.07 Å². The third kappa shape index (κ3) is 4.76. The van der Waals surface area contributed by atoms with Gasteiger partial charge in [-0.15, -0.1) is 0 Å². The second kappa shape index (κ2) is 8.39. The highest BCUT2D eigenvalue weighted by molar-refractivity contribution is 5.95. The van der Waals surface area contributed by atoms with E-state index in [1.807, 2.05) is 30.3 Å². The van der Waals surface area contributed by atoms with Crippen molar-refractivity contribution in [3.63, 3.8) is 0 Å². The summed E-state index contributed by atoms with van der Waals surface area (Å²) in [6.07, 6.45) is 0. The van der Waals surface area contributed by atoms with E-state index in [4.69, 9.17) is 9.15 Å². The average Bonchev–Trinajstić information content (AvgIpc) is 2.65. The summed E-state index contributed by atoms with van der Waals surface area (Å²) in [5.41, 5.74) is 1.51. The zero-order chi connectivity index (χ0) is 20.1. The summed E-state index contributed by atoms with van der Waals surface area (Å²) in [5, 5.41) is 5.47. The van der Waals surface area contributed by atoms with E-state index in [9.17, 15) is 14.4 Å². The molecule has 0 spiro atoms. The van der Waals surface area contributed by atoms with Crippen LogP contribution in [-0.4, -0.2) is 24.6 Å². The number of rotatable bonds is 5. The van der Waals surface area contributed by atoms with Crippen LogP contribution in [0, 0.1) is 0 Å². The maximum Gasteiger partial charge on any atom is 0.336 e. The van der Waals surface area contributed by atoms with Crippen molar-refractivity contribution in [2.45, 2.75) is 19.9 Å². The summed E-state index contributed by atoms with van der Waals surface area (Å²) < 4.78 is 10.7. The lowest BCUT2D eigenvalue weighted by atomic mass is 10.0. The van der Waals surface area contributed by atoms with Crippen molar-refractivity contribution in [1.82, 2.24) is 10.6 Å². The molecule has 0 unspecified atom stereocenters. The fourth-order valence-electron chi connectivity index (χ4n) is 2.70. The maximum absolute atomic E-state index is 11.9. The second-order valence-electron chi connectivity index (χ2n) is 6.47. The van der Waals surface area contributed by atoms with Gasteiger partial charge < -0.3 is 14.5 Å². The molecule has 3 rings (SSSR count). The van der Waals surface area contributed by atoms with Crippen molar-refractivity contribution in [2.75, 3.05) is 6.61 Å². The van der Waals surface area contributed by atoms with Crippen molar-refractivity contribution in [3.05, 3.63) is 65.0 Å². The van der Waals surface area contributed by atoms with Gasteiger partial charge in [-0.2, -0.15) is 0 Å². The van der Waals surface area contributed by atoms with E-state index in [0.29, 0.717) is 11.3 Å². The molecule has 2 N–H and O–H groups in total. The van der Waals surface area contributed by atoms with Crippen LogP contribution >= 0.6 is 0 Å². The molecule has 7 nitrogen and oxygen atoms in total. The van der Waals surface area contributed by atoms with Gasteiger partial charge in [0.1, 0.15) is 11.3 Å². The highest BCUT2D eigenvalue weighted by Crippen LogP contribution is 2.29. The summed E-state index contributed by atoms with van der Waals surface area (Å²) in [6.45, 7) is 3.22. The van der Waals surface area contributed by atoms with Gasteiger partial charge in [-0.1, -0.05) is 30.3 Å². The van der Waals surface area contributed by atoms with Crippen molar-refractivity contribution >= 4 is 22.9 Å². The van der Waals surface area contributed by atoms with E-state index < -0.39 is 17.6 Å². The SMILES string of the molecule is CC(C)NC(=O)NC(=O)COc1ccc2c(-c3ccccc3)cc(=O)oc2c1. The zero-order valence-corrected chi connectivity index (χ0v) is 15.5. The predicted molar refractivity (Wildman–Crippen MR) is 105 cm³/mol. The lowest BCUT2D eigenvalue weighted by Crippen LogP contribution is -2.44. The minimum Gasteiger partial charge on any atom is -0.484 e. The Hall–Kier alpha value is -3.61. The Morgan fingerprint density at radius 2 is 1.82 bits per heavy atom. The molecule has 0 bridgehead atoms. The van der Waals surface area contributed by atoms with E-state index in [-0.39, 0.29) is 12.6 Å².